The molecule has 1 aliphatic rings. The van der Waals surface area contributed by atoms with Gasteiger partial charge in [0.1, 0.15) is 12.3 Å². The van der Waals surface area contributed by atoms with Gasteiger partial charge < -0.3 is 19.5 Å². The molecule has 194 valence electrons. The molecule has 0 saturated heterocycles. The summed E-state index contributed by atoms with van der Waals surface area (Å²) >= 11 is 0. The van der Waals surface area contributed by atoms with Crippen LogP contribution >= 0.6 is 0 Å². The minimum Gasteiger partial charge on any atom is -0.497 e. The fraction of sp³-hybridized carbons (Fsp3) is 0.250. The molecule has 6 nitrogen and oxygen atoms in total. The molecule has 3 aromatic carbocycles. The van der Waals surface area contributed by atoms with Crippen molar-refractivity contribution in [2.24, 2.45) is 0 Å². The molecule has 0 radical (unpaired) electrons. The van der Waals surface area contributed by atoms with Gasteiger partial charge in [0, 0.05) is 42.3 Å². The van der Waals surface area contributed by atoms with E-state index in [4.69, 9.17) is 4.74 Å². The maximum atomic E-state index is 13.7. The molecule has 0 unspecified atom stereocenters. The predicted octanol–water partition coefficient (Wildman–Crippen LogP) is 5.45. The summed E-state index contributed by atoms with van der Waals surface area (Å²) in [5.41, 5.74) is 4.24. The lowest BCUT2D eigenvalue weighted by Crippen LogP contribution is -2.43. The number of carbonyl (C=O) groups excluding carboxylic acids is 2. The Morgan fingerprint density at radius 2 is 1.71 bits per heavy atom. The van der Waals surface area contributed by atoms with Crippen LogP contribution in [-0.2, 0) is 22.6 Å². The van der Waals surface area contributed by atoms with Gasteiger partial charge in [0.05, 0.1) is 7.11 Å². The number of fused-ring (bicyclic) bond motifs is 1. The number of benzene rings is 3. The van der Waals surface area contributed by atoms with Gasteiger partial charge in [-0.25, -0.2) is 0 Å². The number of aromatic nitrogens is 1. The van der Waals surface area contributed by atoms with Gasteiger partial charge in [-0.05, 0) is 60.2 Å². The highest BCUT2D eigenvalue weighted by atomic mass is 16.5. The molecule has 1 fully saturated rings. The number of hydrogen-bond donors (Lipinski definition) is 1. The van der Waals surface area contributed by atoms with E-state index in [0.717, 1.165) is 41.7 Å². The summed E-state index contributed by atoms with van der Waals surface area (Å²) < 4.78 is 5.29. The van der Waals surface area contributed by atoms with Crippen LogP contribution in [0.5, 0.6) is 5.75 Å². The summed E-state index contributed by atoms with van der Waals surface area (Å²) in [6.45, 7) is 1.10. The Morgan fingerprint density at radius 1 is 0.974 bits per heavy atom. The summed E-state index contributed by atoms with van der Waals surface area (Å²) in [6.07, 6.45) is 8.01. The highest BCUT2D eigenvalue weighted by Gasteiger charge is 2.34. The topological polar surface area (TPSA) is 65.6 Å². The van der Waals surface area contributed by atoms with Crippen molar-refractivity contribution in [1.29, 1.82) is 0 Å². The average Bonchev–Trinajstić information content (AvgIpc) is 3.72. The first kappa shape index (κ1) is 25.3. The number of amides is 2. The van der Waals surface area contributed by atoms with Crippen LogP contribution in [0.15, 0.2) is 91.1 Å². The quantitative estimate of drug-likeness (QED) is 0.275. The lowest BCUT2D eigenvalue weighted by Gasteiger charge is -2.27. The average molecular weight is 508 g/mol. The van der Waals surface area contributed by atoms with E-state index in [9.17, 15) is 9.59 Å². The number of para-hydroxylation sites is 1. The highest BCUT2D eigenvalue weighted by Crippen LogP contribution is 2.27. The van der Waals surface area contributed by atoms with Crippen molar-refractivity contribution in [1.82, 2.24) is 14.8 Å². The molecule has 0 bridgehead atoms. The third kappa shape index (κ3) is 6.32. The Kier molecular flexibility index (Phi) is 7.88. The van der Waals surface area contributed by atoms with Crippen molar-refractivity contribution in [3.8, 4) is 5.75 Å². The van der Waals surface area contributed by atoms with Crippen LogP contribution in [0.1, 0.15) is 29.5 Å². The van der Waals surface area contributed by atoms with E-state index in [1.807, 2.05) is 83.9 Å². The Morgan fingerprint density at radius 3 is 2.45 bits per heavy atom. The molecule has 0 atom stereocenters. The zero-order chi connectivity index (χ0) is 26.3. The molecular weight excluding hydrogens is 474 g/mol. The molecule has 0 aliphatic heterocycles. The first-order chi connectivity index (χ1) is 18.6. The van der Waals surface area contributed by atoms with E-state index < -0.39 is 0 Å². The van der Waals surface area contributed by atoms with Gasteiger partial charge in [0.15, 0.2) is 0 Å². The standard InChI is InChI=1S/C32H33N3O3/c1-38-28-16-11-25(12-17-28)22-34(20-19-26-21-33-30-10-6-5-9-29(26)30)32(37)23-35(27-14-15-27)31(36)18-13-24-7-3-2-4-8-24/h2-13,16-18,21,27,33H,14-15,19-20,22-23H2,1H3/b18-13+. The lowest BCUT2D eigenvalue weighted by atomic mass is 10.1. The third-order valence-electron chi connectivity index (χ3n) is 7.01. The molecule has 1 saturated carbocycles. The molecule has 1 aliphatic carbocycles. The Bertz CT molecular complexity index is 1400. The summed E-state index contributed by atoms with van der Waals surface area (Å²) in [4.78, 5) is 33.7. The van der Waals surface area contributed by atoms with Gasteiger partial charge in [0.25, 0.3) is 0 Å². The Balaban J connectivity index is 1.32. The van der Waals surface area contributed by atoms with Gasteiger partial charge in [-0.15, -0.1) is 0 Å². The van der Waals surface area contributed by atoms with E-state index in [1.165, 1.54) is 10.9 Å². The highest BCUT2D eigenvalue weighted by molar-refractivity contribution is 5.95. The van der Waals surface area contributed by atoms with Crippen LogP contribution in [0, 0.1) is 0 Å². The van der Waals surface area contributed by atoms with Gasteiger partial charge in [-0.3, -0.25) is 9.59 Å². The lowest BCUT2D eigenvalue weighted by molar-refractivity contribution is -0.139. The van der Waals surface area contributed by atoms with Gasteiger partial charge >= 0.3 is 0 Å². The van der Waals surface area contributed by atoms with Crippen molar-refractivity contribution in [2.75, 3.05) is 20.2 Å². The summed E-state index contributed by atoms with van der Waals surface area (Å²) in [6, 6.07) is 25.9. The third-order valence-corrected chi connectivity index (χ3v) is 7.01. The Labute approximate surface area is 223 Å². The van der Waals surface area contributed by atoms with Crippen molar-refractivity contribution < 1.29 is 14.3 Å². The van der Waals surface area contributed by atoms with Gasteiger partial charge in [-0.1, -0.05) is 60.7 Å². The SMILES string of the molecule is COc1ccc(CN(CCc2c[nH]c3ccccc23)C(=O)CN(C(=O)/C=C/c2ccccc2)C2CC2)cc1. The molecule has 1 heterocycles. The smallest absolute Gasteiger partial charge is 0.247 e. The van der Waals surface area contributed by atoms with Crippen LogP contribution in [0.2, 0.25) is 0 Å². The predicted molar refractivity (Wildman–Crippen MR) is 151 cm³/mol. The second kappa shape index (κ2) is 11.8. The molecule has 1 aromatic heterocycles. The summed E-state index contributed by atoms with van der Waals surface area (Å²) in [5.74, 6) is 0.612. The number of methoxy groups -OCH3 is 1. The summed E-state index contributed by atoms with van der Waals surface area (Å²) in [7, 11) is 1.64. The number of rotatable bonds is 11. The molecule has 38 heavy (non-hydrogen) atoms. The van der Waals surface area contributed by atoms with E-state index in [2.05, 4.69) is 17.1 Å². The van der Waals surface area contributed by atoms with E-state index in [-0.39, 0.29) is 24.4 Å². The molecule has 5 rings (SSSR count). The molecule has 1 N–H and O–H groups in total. The Hall–Kier alpha value is -4.32. The molecule has 4 aromatic rings. The first-order valence-corrected chi connectivity index (χ1v) is 13.1. The second-order valence-electron chi connectivity index (χ2n) is 9.71. The zero-order valence-electron chi connectivity index (χ0n) is 21.7. The first-order valence-electron chi connectivity index (χ1n) is 13.1. The number of aromatic amines is 1. The van der Waals surface area contributed by atoms with Crippen molar-refractivity contribution in [2.45, 2.75) is 31.8 Å². The molecule has 6 heteroatoms. The fourth-order valence-electron chi connectivity index (χ4n) is 4.68. The summed E-state index contributed by atoms with van der Waals surface area (Å²) in [5, 5.41) is 1.17. The van der Waals surface area contributed by atoms with Crippen molar-refractivity contribution >= 4 is 28.8 Å². The number of nitrogens with one attached hydrogen (secondary N) is 1. The van der Waals surface area contributed by atoms with Crippen LogP contribution in [0.25, 0.3) is 17.0 Å². The van der Waals surface area contributed by atoms with Crippen LogP contribution in [-0.4, -0.2) is 52.8 Å². The molecule has 2 amide bonds. The number of H-pyrrole nitrogens is 1. The van der Waals surface area contributed by atoms with Crippen LogP contribution in [0.3, 0.4) is 0 Å². The maximum absolute atomic E-state index is 13.7. The van der Waals surface area contributed by atoms with E-state index >= 15 is 0 Å². The van der Waals surface area contributed by atoms with E-state index in [1.54, 1.807) is 18.1 Å². The van der Waals surface area contributed by atoms with Gasteiger partial charge in [0.2, 0.25) is 11.8 Å². The monoisotopic (exact) mass is 507 g/mol. The van der Waals surface area contributed by atoms with Crippen LogP contribution < -0.4 is 4.74 Å². The number of carbonyl (C=O) groups is 2. The normalized spacial score (nSPS) is 13.1. The van der Waals surface area contributed by atoms with Crippen LogP contribution in [0.4, 0.5) is 0 Å². The van der Waals surface area contributed by atoms with Gasteiger partial charge in [-0.2, -0.15) is 0 Å². The number of hydrogen-bond acceptors (Lipinski definition) is 3. The molecule has 0 spiro atoms. The minimum atomic E-state index is -0.120. The molecular formula is C32H33N3O3. The van der Waals surface area contributed by atoms with E-state index in [0.29, 0.717) is 13.1 Å². The minimum absolute atomic E-state index is 0.0472. The number of ether oxygens (including phenoxy) is 1. The largest absolute Gasteiger partial charge is 0.497 e. The number of nitrogens with zero attached hydrogens (tertiary/aromatic N) is 2. The maximum Gasteiger partial charge on any atom is 0.247 e. The van der Waals surface area contributed by atoms with Crippen molar-refractivity contribution in [3.05, 3.63) is 108 Å². The second-order valence-corrected chi connectivity index (χ2v) is 9.71. The zero-order valence-corrected chi connectivity index (χ0v) is 21.7. The fourth-order valence-corrected chi connectivity index (χ4v) is 4.68. The van der Waals surface area contributed by atoms with Crippen molar-refractivity contribution in [3.63, 3.8) is 0 Å².